The summed E-state index contributed by atoms with van der Waals surface area (Å²) in [4.78, 5) is 27.0. The quantitative estimate of drug-likeness (QED) is 0.224. The van der Waals surface area contributed by atoms with Crippen molar-refractivity contribution in [3.05, 3.63) is 46.9 Å². The van der Waals surface area contributed by atoms with Gasteiger partial charge in [-0.05, 0) is 79.5 Å². The van der Waals surface area contributed by atoms with Gasteiger partial charge in [-0.15, -0.1) is 11.8 Å². The highest BCUT2D eigenvalue weighted by Gasteiger charge is 2.73. The number of allylic oxidation sites excluding steroid dienone is 4. The Balaban J connectivity index is 1.10. The maximum atomic E-state index is 12.9. The van der Waals surface area contributed by atoms with Crippen LogP contribution in [-0.4, -0.2) is 83.8 Å². The summed E-state index contributed by atoms with van der Waals surface area (Å²) in [5.74, 6) is 2.73. The van der Waals surface area contributed by atoms with E-state index >= 15 is 0 Å². The monoisotopic (exact) mass is 533 g/mol. The zero-order chi connectivity index (χ0) is 26.9. The third-order valence-corrected chi connectivity index (χ3v) is 9.46. The molecular weight excluding hydrogens is 494 g/mol. The normalized spacial score (nSPS) is 31.9. The van der Waals surface area contributed by atoms with Crippen LogP contribution in [0.3, 0.4) is 0 Å². The molecule has 8 nitrogen and oxygen atoms in total. The fourth-order valence-electron chi connectivity index (χ4n) is 6.29. The molecule has 0 aromatic heterocycles. The van der Waals surface area contributed by atoms with Gasteiger partial charge in [0.05, 0.1) is 10.4 Å². The first kappa shape index (κ1) is 26.8. The number of piperazine rings is 1. The molecule has 1 spiro atoms. The third kappa shape index (κ3) is 5.50. The minimum Gasteiger partial charge on any atom is -0.387 e. The number of fused-ring (bicyclic) bond motifs is 2. The molecule has 4 N–H and O–H groups in total. The van der Waals surface area contributed by atoms with Crippen LogP contribution in [0.2, 0.25) is 0 Å². The lowest BCUT2D eigenvalue weighted by Crippen LogP contribution is -2.47. The molecule has 0 bridgehead atoms. The average Bonchev–Trinajstić information content (AvgIpc) is 3.79. The summed E-state index contributed by atoms with van der Waals surface area (Å²) in [7, 11) is 2.08. The van der Waals surface area contributed by atoms with E-state index in [4.69, 9.17) is 21.5 Å². The highest BCUT2D eigenvalue weighted by atomic mass is 32.2. The summed E-state index contributed by atoms with van der Waals surface area (Å²) >= 11 is 1.57. The second kappa shape index (κ2) is 10.8. The lowest BCUT2D eigenvalue weighted by Gasteiger charge is -2.32. The Kier molecular flexibility index (Phi) is 7.60. The van der Waals surface area contributed by atoms with Crippen LogP contribution >= 0.6 is 11.8 Å². The minimum atomic E-state index is 0.0458. The Morgan fingerprint density at radius 1 is 1.24 bits per heavy atom. The van der Waals surface area contributed by atoms with Crippen LogP contribution in [-0.2, 0) is 4.79 Å². The summed E-state index contributed by atoms with van der Waals surface area (Å²) in [5, 5.41) is 16.5. The number of thioether (sulfide) groups is 1. The first-order chi connectivity index (χ1) is 18.3. The molecule has 0 aromatic carbocycles. The predicted octanol–water partition coefficient (Wildman–Crippen LogP) is 3.82. The Labute approximate surface area is 229 Å². The highest BCUT2D eigenvalue weighted by Crippen LogP contribution is 2.75. The van der Waals surface area contributed by atoms with E-state index in [1.54, 1.807) is 23.9 Å². The number of amidine groups is 2. The summed E-state index contributed by atoms with van der Waals surface area (Å²) in [6.45, 7) is 5.36. The van der Waals surface area contributed by atoms with Crippen LogP contribution < -0.4 is 5.73 Å². The second-order valence-corrected chi connectivity index (χ2v) is 12.5. The van der Waals surface area contributed by atoms with Crippen molar-refractivity contribution in [1.29, 1.82) is 10.8 Å². The number of aliphatic imine (C=N–C) groups is 2. The van der Waals surface area contributed by atoms with Crippen LogP contribution in [0.15, 0.2) is 56.9 Å². The molecule has 1 saturated heterocycles. The maximum Gasteiger partial charge on any atom is 0.260 e. The van der Waals surface area contributed by atoms with Crippen molar-refractivity contribution in [2.24, 2.45) is 33.0 Å². The summed E-state index contributed by atoms with van der Waals surface area (Å²) in [5.41, 5.74) is 8.13. The average molecular weight is 534 g/mol. The number of hydrogen-bond donors (Lipinski definition) is 3. The highest BCUT2D eigenvalue weighted by molar-refractivity contribution is 8.03. The largest absolute Gasteiger partial charge is 0.387 e. The van der Waals surface area contributed by atoms with Gasteiger partial charge in [0.15, 0.2) is 0 Å². The van der Waals surface area contributed by atoms with E-state index < -0.39 is 0 Å². The molecule has 4 atom stereocenters. The molecule has 202 valence electrons. The van der Waals surface area contributed by atoms with E-state index in [1.807, 2.05) is 30.2 Å². The molecule has 0 radical (unpaired) electrons. The molecule has 38 heavy (non-hydrogen) atoms. The van der Waals surface area contributed by atoms with Crippen molar-refractivity contribution >= 4 is 41.3 Å². The number of rotatable bonds is 10. The topological polar surface area (TPSA) is 122 Å². The number of likely N-dealkylation sites (N-methyl/N-ethyl adjacent to an activating group) is 1. The van der Waals surface area contributed by atoms with Gasteiger partial charge in [-0.2, -0.15) is 0 Å². The molecule has 3 fully saturated rings. The van der Waals surface area contributed by atoms with Crippen LogP contribution in [0.25, 0.3) is 0 Å². The van der Waals surface area contributed by atoms with Crippen molar-refractivity contribution in [1.82, 2.24) is 9.80 Å². The van der Waals surface area contributed by atoms with Crippen LogP contribution in [0.5, 0.6) is 0 Å². The first-order valence-corrected chi connectivity index (χ1v) is 14.7. The molecular formula is C29H39N7OS. The van der Waals surface area contributed by atoms with E-state index in [1.165, 1.54) is 5.57 Å². The van der Waals surface area contributed by atoms with E-state index in [-0.39, 0.29) is 22.7 Å². The van der Waals surface area contributed by atoms with Gasteiger partial charge in [0, 0.05) is 44.5 Å². The number of carbonyl (C=O) groups excluding carboxylic acids is 1. The van der Waals surface area contributed by atoms with Gasteiger partial charge in [-0.3, -0.25) is 15.2 Å². The Hall–Kier alpha value is -2.78. The summed E-state index contributed by atoms with van der Waals surface area (Å²) in [6, 6.07) is 0. The first-order valence-electron chi connectivity index (χ1n) is 13.7. The van der Waals surface area contributed by atoms with E-state index in [9.17, 15) is 4.79 Å². The van der Waals surface area contributed by atoms with E-state index in [2.05, 4.69) is 29.1 Å². The number of dihydropyridines is 1. The number of nitrogens with one attached hydrogen (secondary N) is 2. The molecule has 0 aromatic rings. The standard InChI is InChI=1S/C29H39N7OS/c1-3-38-24(27(37)36-14-12-35(2)13-15-36)8-4-7-21(30)9-10-25(31)34-26(32)19-28-16-20-6-5-11-33-29(20)18-23(29)22(28)17-28/h5-6,8-11,16,22-23,30H,3-4,7,12-15,17-19H2,1-2H3,(H3,31,32,34)/b10-9-,24-8-,30-21?. The van der Waals surface area contributed by atoms with E-state index in [0.29, 0.717) is 42.6 Å². The van der Waals surface area contributed by atoms with Gasteiger partial charge in [0.25, 0.3) is 5.91 Å². The number of carbonyl (C=O) groups is 1. The van der Waals surface area contributed by atoms with Gasteiger partial charge in [-0.25, -0.2) is 4.99 Å². The van der Waals surface area contributed by atoms with Gasteiger partial charge in [-0.1, -0.05) is 25.2 Å². The Morgan fingerprint density at radius 3 is 2.79 bits per heavy atom. The molecule has 4 unspecified atom stereocenters. The summed E-state index contributed by atoms with van der Waals surface area (Å²) in [6.07, 6.45) is 17.7. The molecule has 2 heterocycles. The molecule has 5 rings (SSSR count). The molecule has 1 amide bonds. The SMILES string of the molecule is CCS/C(=C\CCC(=N)/C=C\C(=N)N=C(N)CC12C=C3C=CC=NC34CC4C1C2)C(=O)N1CCN(C)CC1. The minimum absolute atomic E-state index is 0.0458. The van der Waals surface area contributed by atoms with Crippen LogP contribution in [0, 0.1) is 28.1 Å². The molecule has 3 aliphatic carbocycles. The van der Waals surface area contributed by atoms with Crippen molar-refractivity contribution in [3.8, 4) is 0 Å². The van der Waals surface area contributed by atoms with Crippen LogP contribution in [0.4, 0.5) is 0 Å². The number of amides is 1. The van der Waals surface area contributed by atoms with E-state index in [0.717, 1.165) is 49.7 Å². The predicted molar refractivity (Wildman–Crippen MR) is 157 cm³/mol. The maximum absolute atomic E-state index is 12.9. The molecule has 2 aliphatic heterocycles. The van der Waals surface area contributed by atoms with Crippen molar-refractivity contribution in [2.75, 3.05) is 39.0 Å². The zero-order valence-corrected chi connectivity index (χ0v) is 23.3. The molecule has 9 heteroatoms. The number of hydrogen-bond acceptors (Lipinski definition) is 6. The van der Waals surface area contributed by atoms with Crippen molar-refractivity contribution in [3.63, 3.8) is 0 Å². The lowest BCUT2D eigenvalue weighted by molar-refractivity contribution is -0.127. The smallest absolute Gasteiger partial charge is 0.260 e. The van der Waals surface area contributed by atoms with Crippen LogP contribution in [0.1, 0.15) is 39.0 Å². The van der Waals surface area contributed by atoms with Gasteiger partial charge >= 0.3 is 0 Å². The fraction of sp³-hybridized carbons (Fsp3) is 0.552. The fourth-order valence-corrected chi connectivity index (χ4v) is 7.09. The number of nitrogens with two attached hydrogens (primary N) is 1. The van der Waals surface area contributed by atoms with Gasteiger partial charge in [0.1, 0.15) is 11.7 Å². The van der Waals surface area contributed by atoms with Gasteiger partial charge in [0.2, 0.25) is 0 Å². The second-order valence-electron chi connectivity index (χ2n) is 11.2. The number of nitrogens with zero attached hydrogens (tertiary/aromatic N) is 4. The zero-order valence-electron chi connectivity index (χ0n) is 22.4. The molecule has 2 saturated carbocycles. The Morgan fingerprint density at radius 2 is 2.03 bits per heavy atom. The lowest BCUT2D eigenvalue weighted by atomic mass is 9.83. The summed E-state index contributed by atoms with van der Waals surface area (Å²) < 4.78 is 0. The van der Waals surface area contributed by atoms with Crippen molar-refractivity contribution in [2.45, 2.75) is 44.6 Å². The third-order valence-electron chi connectivity index (χ3n) is 8.52. The Bertz CT molecular complexity index is 1190. The molecule has 5 aliphatic rings. The van der Waals surface area contributed by atoms with Crippen molar-refractivity contribution < 1.29 is 4.79 Å². The van der Waals surface area contributed by atoms with Gasteiger partial charge < -0.3 is 20.9 Å².